The third kappa shape index (κ3) is 4.46. The van der Waals surface area contributed by atoms with Crippen LogP contribution in [-0.2, 0) is 14.3 Å². The molecule has 1 unspecified atom stereocenters. The highest BCUT2D eigenvalue weighted by Crippen LogP contribution is 2.13. The quantitative estimate of drug-likeness (QED) is 0.625. The van der Waals surface area contributed by atoms with Crippen molar-refractivity contribution in [1.82, 2.24) is 5.32 Å². The van der Waals surface area contributed by atoms with Crippen molar-refractivity contribution in [2.45, 2.75) is 25.9 Å². The summed E-state index contributed by atoms with van der Waals surface area (Å²) in [5.74, 6) is -0.895. The van der Waals surface area contributed by atoms with Gasteiger partial charge in [-0.2, -0.15) is 0 Å². The van der Waals surface area contributed by atoms with Crippen molar-refractivity contribution in [2.75, 3.05) is 25.5 Å². The molecule has 0 aromatic heterocycles. The van der Waals surface area contributed by atoms with E-state index in [1.54, 1.807) is 18.2 Å². The van der Waals surface area contributed by atoms with Gasteiger partial charge in [0.2, 0.25) is 0 Å². The van der Waals surface area contributed by atoms with Gasteiger partial charge in [0.15, 0.2) is 6.61 Å². The molecule has 1 aromatic carbocycles. The van der Waals surface area contributed by atoms with Gasteiger partial charge in [0.05, 0.1) is 11.7 Å². The first kappa shape index (κ1) is 15.3. The maximum Gasteiger partial charge on any atom is 0.338 e. The first-order valence-corrected chi connectivity index (χ1v) is 6.98. The molecule has 0 saturated carbocycles. The number of anilines is 1. The molecule has 3 N–H and O–H groups in total. The summed E-state index contributed by atoms with van der Waals surface area (Å²) in [5, 5.41) is 2.69. The maximum atomic E-state index is 11.8. The molecule has 0 spiro atoms. The van der Waals surface area contributed by atoms with E-state index in [1.165, 1.54) is 0 Å². The molecule has 1 amide bonds. The van der Waals surface area contributed by atoms with E-state index in [9.17, 15) is 9.59 Å². The predicted molar refractivity (Wildman–Crippen MR) is 77.9 cm³/mol. The zero-order valence-corrected chi connectivity index (χ0v) is 12.1. The van der Waals surface area contributed by atoms with Gasteiger partial charge in [0.1, 0.15) is 0 Å². The number of nitrogen functional groups attached to an aromatic ring is 1. The highest BCUT2D eigenvalue weighted by molar-refractivity contribution is 5.92. The number of hydrogen-bond acceptors (Lipinski definition) is 5. The minimum Gasteiger partial charge on any atom is -0.452 e. The van der Waals surface area contributed by atoms with Crippen molar-refractivity contribution >= 4 is 17.6 Å². The SMILES string of the molecule is Cc1ccc(C(=O)OCC(=O)NCC2CCCO2)cc1N. The van der Waals surface area contributed by atoms with Crippen LogP contribution in [0, 0.1) is 6.92 Å². The first-order valence-electron chi connectivity index (χ1n) is 6.98. The van der Waals surface area contributed by atoms with Crippen LogP contribution in [0.5, 0.6) is 0 Å². The standard InChI is InChI=1S/C15H20N2O4/c1-10-4-5-11(7-13(10)16)15(19)21-9-14(18)17-8-12-3-2-6-20-12/h4-5,7,12H,2-3,6,8-9,16H2,1H3,(H,17,18). The van der Waals surface area contributed by atoms with E-state index >= 15 is 0 Å². The van der Waals surface area contributed by atoms with Crippen LogP contribution in [0.3, 0.4) is 0 Å². The Morgan fingerprint density at radius 1 is 1.48 bits per heavy atom. The van der Waals surface area contributed by atoms with Crippen molar-refractivity contribution < 1.29 is 19.1 Å². The van der Waals surface area contributed by atoms with Crippen LogP contribution in [0.4, 0.5) is 5.69 Å². The Labute approximate surface area is 123 Å². The normalized spacial score (nSPS) is 17.5. The Balaban J connectivity index is 1.74. The van der Waals surface area contributed by atoms with Gasteiger partial charge >= 0.3 is 5.97 Å². The number of hydrogen-bond donors (Lipinski definition) is 2. The van der Waals surface area contributed by atoms with E-state index in [0.717, 1.165) is 25.0 Å². The third-order valence-corrected chi connectivity index (χ3v) is 3.40. The lowest BCUT2D eigenvalue weighted by Gasteiger charge is -2.11. The zero-order chi connectivity index (χ0) is 15.2. The average Bonchev–Trinajstić information content (AvgIpc) is 2.98. The van der Waals surface area contributed by atoms with E-state index in [1.807, 2.05) is 6.92 Å². The fourth-order valence-corrected chi connectivity index (χ4v) is 2.07. The van der Waals surface area contributed by atoms with Gasteiger partial charge in [-0.25, -0.2) is 4.79 Å². The molecule has 1 aliphatic heterocycles. The zero-order valence-electron chi connectivity index (χ0n) is 12.1. The van der Waals surface area contributed by atoms with Crippen molar-refractivity contribution in [1.29, 1.82) is 0 Å². The molecule has 6 heteroatoms. The summed E-state index contributed by atoms with van der Waals surface area (Å²) in [7, 11) is 0. The molecule has 1 fully saturated rings. The lowest BCUT2D eigenvalue weighted by atomic mass is 10.1. The summed E-state index contributed by atoms with van der Waals surface area (Å²) in [6.07, 6.45) is 2.04. The number of esters is 1. The predicted octanol–water partition coefficient (Wildman–Crippen LogP) is 1.03. The van der Waals surface area contributed by atoms with Crippen LogP contribution in [-0.4, -0.2) is 37.7 Å². The number of nitrogens with one attached hydrogen (secondary N) is 1. The van der Waals surface area contributed by atoms with Crippen LogP contribution >= 0.6 is 0 Å². The Morgan fingerprint density at radius 3 is 2.95 bits per heavy atom. The van der Waals surface area contributed by atoms with E-state index in [-0.39, 0.29) is 18.6 Å². The summed E-state index contributed by atoms with van der Waals surface area (Å²) < 4.78 is 10.3. The highest BCUT2D eigenvalue weighted by atomic mass is 16.5. The van der Waals surface area contributed by atoms with Crippen LogP contribution in [0.15, 0.2) is 18.2 Å². The Morgan fingerprint density at radius 2 is 2.29 bits per heavy atom. The fraction of sp³-hybridized carbons (Fsp3) is 0.467. The third-order valence-electron chi connectivity index (χ3n) is 3.40. The fourth-order valence-electron chi connectivity index (χ4n) is 2.07. The van der Waals surface area contributed by atoms with Gasteiger partial charge < -0.3 is 20.5 Å². The molecule has 0 bridgehead atoms. The van der Waals surface area contributed by atoms with Crippen molar-refractivity contribution in [2.24, 2.45) is 0 Å². The molecule has 114 valence electrons. The van der Waals surface area contributed by atoms with Crippen LogP contribution in [0.1, 0.15) is 28.8 Å². The summed E-state index contributed by atoms with van der Waals surface area (Å²) in [4.78, 5) is 23.4. The van der Waals surface area contributed by atoms with Crippen molar-refractivity contribution in [3.05, 3.63) is 29.3 Å². The second-order valence-electron chi connectivity index (χ2n) is 5.09. The van der Waals surface area contributed by atoms with Gasteiger partial charge in [-0.1, -0.05) is 6.07 Å². The molecule has 0 aliphatic carbocycles. The monoisotopic (exact) mass is 292 g/mol. The molecule has 6 nitrogen and oxygen atoms in total. The number of carbonyl (C=O) groups is 2. The number of amides is 1. The summed E-state index contributed by atoms with van der Waals surface area (Å²) in [6, 6.07) is 4.91. The minimum atomic E-state index is -0.561. The summed E-state index contributed by atoms with van der Waals surface area (Å²) in [6.45, 7) is 2.74. The summed E-state index contributed by atoms with van der Waals surface area (Å²) >= 11 is 0. The van der Waals surface area contributed by atoms with Gasteiger partial charge in [0, 0.05) is 18.8 Å². The number of benzene rings is 1. The lowest BCUT2D eigenvalue weighted by Crippen LogP contribution is -2.34. The molecule has 21 heavy (non-hydrogen) atoms. The Kier molecular flexibility index (Phi) is 5.16. The number of aryl methyl sites for hydroxylation is 1. The van der Waals surface area contributed by atoms with E-state index in [4.69, 9.17) is 15.2 Å². The van der Waals surface area contributed by atoms with Gasteiger partial charge in [-0.3, -0.25) is 4.79 Å². The molecule has 1 aliphatic rings. The van der Waals surface area contributed by atoms with Crippen LogP contribution < -0.4 is 11.1 Å². The number of rotatable bonds is 5. The average molecular weight is 292 g/mol. The van der Waals surface area contributed by atoms with Gasteiger partial charge in [-0.05, 0) is 37.5 Å². The van der Waals surface area contributed by atoms with Crippen LogP contribution in [0.25, 0.3) is 0 Å². The van der Waals surface area contributed by atoms with Crippen molar-refractivity contribution in [3.8, 4) is 0 Å². The molecule has 1 atom stereocenters. The van der Waals surface area contributed by atoms with Gasteiger partial charge in [-0.15, -0.1) is 0 Å². The molecule has 1 heterocycles. The smallest absolute Gasteiger partial charge is 0.338 e. The molecular formula is C15H20N2O4. The molecule has 1 aromatic rings. The number of nitrogens with two attached hydrogens (primary N) is 1. The number of carbonyl (C=O) groups excluding carboxylic acids is 2. The molecule has 2 rings (SSSR count). The van der Waals surface area contributed by atoms with Crippen LogP contribution in [0.2, 0.25) is 0 Å². The first-order chi connectivity index (χ1) is 10.1. The van der Waals surface area contributed by atoms with E-state index < -0.39 is 5.97 Å². The highest BCUT2D eigenvalue weighted by Gasteiger charge is 2.17. The van der Waals surface area contributed by atoms with Gasteiger partial charge in [0.25, 0.3) is 5.91 Å². The topological polar surface area (TPSA) is 90.7 Å². The molecule has 0 radical (unpaired) electrons. The Hall–Kier alpha value is -2.08. The second-order valence-corrected chi connectivity index (χ2v) is 5.09. The lowest BCUT2D eigenvalue weighted by molar-refractivity contribution is -0.124. The Bertz CT molecular complexity index is 524. The van der Waals surface area contributed by atoms with E-state index in [0.29, 0.717) is 17.8 Å². The molecule has 1 saturated heterocycles. The summed E-state index contributed by atoms with van der Waals surface area (Å²) in [5.41, 5.74) is 7.48. The minimum absolute atomic E-state index is 0.0709. The molecular weight excluding hydrogens is 272 g/mol. The largest absolute Gasteiger partial charge is 0.452 e. The van der Waals surface area contributed by atoms with Crippen molar-refractivity contribution in [3.63, 3.8) is 0 Å². The number of ether oxygens (including phenoxy) is 2. The maximum absolute atomic E-state index is 11.8. The van der Waals surface area contributed by atoms with E-state index in [2.05, 4.69) is 5.32 Å². The second kappa shape index (κ2) is 7.08.